The van der Waals surface area contributed by atoms with Crippen LogP contribution >= 0.6 is 0 Å². The number of ether oxygens (including phenoxy) is 2. The van der Waals surface area contributed by atoms with E-state index in [1.807, 2.05) is 6.07 Å². The fourth-order valence-corrected chi connectivity index (χ4v) is 2.00. The predicted octanol–water partition coefficient (Wildman–Crippen LogP) is 1.77. The molecule has 1 saturated carbocycles. The molecule has 3 nitrogen and oxygen atoms in total. The van der Waals surface area contributed by atoms with Gasteiger partial charge in [0.1, 0.15) is 0 Å². The molecule has 2 atom stereocenters. The van der Waals surface area contributed by atoms with Crippen molar-refractivity contribution < 1.29 is 9.47 Å². The maximum absolute atomic E-state index is 5.63. The van der Waals surface area contributed by atoms with Crippen molar-refractivity contribution in [3.8, 4) is 11.5 Å². The molecule has 15 heavy (non-hydrogen) atoms. The summed E-state index contributed by atoms with van der Waals surface area (Å²) >= 11 is 0. The van der Waals surface area contributed by atoms with Crippen LogP contribution in [0.15, 0.2) is 18.2 Å². The van der Waals surface area contributed by atoms with Crippen LogP contribution in [-0.4, -0.2) is 20.8 Å². The molecule has 2 N–H and O–H groups in total. The molecule has 0 saturated heterocycles. The molecule has 0 aliphatic heterocycles. The first-order valence-corrected chi connectivity index (χ1v) is 5.22. The highest BCUT2D eigenvalue weighted by Gasteiger charge is 2.37. The summed E-state index contributed by atoms with van der Waals surface area (Å²) < 4.78 is 10.5. The minimum absolute atomic E-state index is 0.620. The van der Waals surface area contributed by atoms with E-state index >= 15 is 0 Å². The van der Waals surface area contributed by atoms with E-state index in [1.165, 1.54) is 12.0 Å². The van der Waals surface area contributed by atoms with Crippen molar-refractivity contribution in [1.29, 1.82) is 0 Å². The average molecular weight is 207 g/mol. The largest absolute Gasteiger partial charge is 0.493 e. The Balaban J connectivity index is 2.20. The van der Waals surface area contributed by atoms with Gasteiger partial charge in [0.05, 0.1) is 14.2 Å². The summed E-state index contributed by atoms with van der Waals surface area (Å²) in [5.74, 6) is 2.86. The summed E-state index contributed by atoms with van der Waals surface area (Å²) in [5.41, 5.74) is 6.94. The van der Waals surface area contributed by atoms with E-state index in [-0.39, 0.29) is 0 Å². The van der Waals surface area contributed by atoms with Gasteiger partial charge in [0.25, 0.3) is 0 Å². The zero-order chi connectivity index (χ0) is 10.8. The molecule has 1 fully saturated rings. The van der Waals surface area contributed by atoms with Crippen LogP contribution in [0, 0.1) is 5.92 Å². The number of rotatable bonds is 4. The SMILES string of the molecule is COc1ccc([C@@H]2C[C@H]2CN)cc1OC. The summed E-state index contributed by atoms with van der Waals surface area (Å²) in [6, 6.07) is 6.11. The summed E-state index contributed by atoms with van der Waals surface area (Å²) in [7, 11) is 3.31. The van der Waals surface area contributed by atoms with Crippen LogP contribution in [0.5, 0.6) is 11.5 Å². The van der Waals surface area contributed by atoms with Crippen molar-refractivity contribution >= 4 is 0 Å². The molecule has 0 heterocycles. The van der Waals surface area contributed by atoms with E-state index in [0.717, 1.165) is 18.0 Å². The van der Waals surface area contributed by atoms with E-state index in [0.29, 0.717) is 11.8 Å². The molecule has 3 heteroatoms. The zero-order valence-corrected chi connectivity index (χ0v) is 9.19. The Morgan fingerprint density at radius 1 is 1.27 bits per heavy atom. The van der Waals surface area contributed by atoms with Crippen LogP contribution in [0.2, 0.25) is 0 Å². The van der Waals surface area contributed by atoms with Crippen LogP contribution in [0.25, 0.3) is 0 Å². The van der Waals surface area contributed by atoms with Crippen molar-refractivity contribution in [3.63, 3.8) is 0 Å². The lowest BCUT2D eigenvalue weighted by Crippen LogP contribution is -2.02. The molecular weight excluding hydrogens is 190 g/mol. The highest BCUT2D eigenvalue weighted by molar-refractivity contribution is 5.45. The lowest BCUT2D eigenvalue weighted by Gasteiger charge is -2.09. The first-order valence-electron chi connectivity index (χ1n) is 5.22. The van der Waals surface area contributed by atoms with Gasteiger partial charge in [0, 0.05) is 0 Å². The van der Waals surface area contributed by atoms with Crippen LogP contribution in [0.4, 0.5) is 0 Å². The molecule has 1 aliphatic rings. The van der Waals surface area contributed by atoms with Crippen molar-refractivity contribution in [3.05, 3.63) is 23.8 Å². The summed E-state index contributed by atoms with van der Waals surface area (Å²) in [6.45, 7) is 0.777. The minimum Gasteiger partial charge on any atom is -0.493 e. The highest BCUT2D eigenvalue weighted by atomic mass is 16.5. The second-order valence-corrected chi connectivity index (χ2v) is 3.95. The monoisotopic (exact) mass is 207 g/mol. The molecular formula is C12H17NO2. The Kier molecular flexibility index (Phi) is 2.82. The van der Waals surface area contributed by atoms with E-state index in [2.05, 4.69) is 12.1 Å². The van der Waals surface area contributed by atoms with Crippen molar-refractivity contribution in [2.24, 2.45) is 11.7 Å². The Morgan fingerprint density at radius 3 is 2.53 bits per heavy atom. The molecule has 2 rings (SSSR count). The summed E-state index contributed by atoms with van der Waals surface area (Å²) in [5, 5.41) is 0. The number of nitrogens with two attached hydrogens (primary N) is 1. The van der Waals surface area contributed by atoms with Crippen LogP contribution in [0.3, 0.4) is 0 Å². The molecule has 82 valence electrons. The zero-order valence-electron chi connectivity index (χ0n) is 9.19. The van der Waals surface area contributed by atoms with Crippen LogP contribution < -0.4 is 15.2 Å². The van der Waals surface area contributed by atoms with Gasteiger partial charge < -0.3 is 15.2 Å². The molecule has 1 aliphatic carbocycles. The Morgan fingerprint density at radius 2 is 2.00 bits per heavy atom. The molecule has 0 aromatic heterocycles. The second-order valence-electron chi connectivity index (χ2n) is 3.95. The first kappa shape index (κ1) is 10.3. The fourth-order valence-electron chi connectivity index (χ4n) is 2.00. The highest BCUT2D eigenvalue weighted by Crippen LogP contribution is 2.48. The van der Waals surface area contributed by atoms with Gasteiger partial charge in [0.2, 0.25) is 0 Å². The van der Waals surface area contributed by atoms with Gasteiger partial charge in [-0.15, -0.1) is 0 Å². The Labute approximate surface area is 90.2 Å². The lowest BCUT2D eigenvalue weighted by molar-refractivity contribution is 0.354. The van der Waals surface area contributed by atoms with Gasteiger partial charge in [-0.2, -0.15) is 0 Å². The molecule has 1 aromatic rings. The summed E-state index contributed by atoms with van der Waals surface area (Å²) in [4.78, 5) is 0. The lowest BCUT2D eigenvalue weighted by atomic mass is 10.1. The first-order chi connectivity index (χ1) is 7.30. The van der Waals surface area contributed by atoms with E-state index in [1.54, 1.807) is 14.2 Å². The van der Waals surface area contributed by atoms with Crippen molar-refractivity contribution in [2.45, 2.75) is 12.3 Å². The second kappa shape index (κ2) is 4.11. The molecule has 0 bridgehead atoms. The third-order valence-corrected chi connectivity index (χ3v) is 3.06. The van der Waals surface area contributed by atoms with E-state index in [4.69, 9.17) is 15.2 Å². The maximum atomic E-state index is 5.63. The Hall–Kier alpha value is -1.22. The van der Waals surface area contributed by atoms with Crippen LogP contribution in [0.1, 0.15) is 17.9 Å². The third kappa shape index (κ3) is 1.92. The molecule has 0 radical (unpaired) electrons. The number of hydrogen-bond donors (Lipinski definition) is 1. The van der Waals surface area contributed by atoms with E-state index < -0.39 is 0 Å². The van der Waals surface area contributed by atoms with Crippen LogP contribution in [-0.2, 0) is 0 Å². The Bertz CT molecular complexity index is 351. The number of methoxy groups -OCH3 is 2. The quantitative estimate of drug-likeness (QED) is 0.818. The van der Waals surface area contributed by atoms with Gasteiger partial charge in [-0.25, -0.2) is 0 Å². The molecule has 0 unspecified atom stereocenters. The predicted molar refractivity (Wildman–Crippen MR) is 59.4 cm³/mol. The summed E-state index contributed by atoms with van der Waals surface area (Å²) in [6.07, 6.45) is 1.20. The average Bonchev–Trinajstić information content (AvgIpc) is 3.07. The van der Waals surface area contributed by atoms with E-state index in [9.17, 15) is 0 Å². The van der Waals surface area contributed by atoms with Gasteiger partial charge >= 0.3 is 0 Å². The molecule has 0 spiro atoms. The molecule has 1 aromatic carbocycles. The fraction of sp³-hybridized carbons (Fsp3) is 0.500. The number of hydrogen-bond acceptors (Lipinski definition) is 3. The van der Waals surface area contributed by atoms with Gasteiger partial charge in [0.15, 0.2) is 11.5 Å². The standard InChI is InChI=1S/C12H17NO2/c1-14-11-4-3-8(6-12(11)15-2)10-5-9(10)7-13/h3-4,6,9-10H,5,7,13H2,1-2H3/t9-,10-/m0/s1. The van der Waals surface area contributed by atoms with Crippen molar-refractivity contribution in [1.82, 2.24) is 0 Å². The number of benzene rings is 1. The maximum Gasteiger partial charge on any atom is 0.160 e. The van der Waals surface area contributed by atoms with Crippen molar-refractivity contribution in [2.75, 3.05) is 20.8 Å². The van der Waals surface area contributed by atoms with Gasteiger partial charge in [-0.1, -0.05) is 6.07 Å². The topological polar surface area (TPSA) is 44.5 Å². The smallest absolute Gasteiger partial charge is 0.160 e. The third-order valence-electron chi connectivity index (χ3n) is 3.06. The normalized spacial score (nSPS) is 23.7. The molecule has 0 amide bonds. The minimum atomic E-state index is 0.620. The van der Waals surface area contributed by atoms with Gasteiger partial charge in [-0.3, -0.25) is 0 Å². The van der Waals surface area contributed by atoms with Gasteiger partial charge in [-0.05, 0) is 42.5 Å².